The fraction of sp³-hybridized carbons (Fsp3) is 0.143. The standard InChI is InChI=1S/C14H13NO4S/c1-9-3-2-4-10(7-9)19-8-12(16)15-11-5-6-20-13(11)14(17)18/h2-7H,8H2,1H3,(H,15,16)(H,17,18). The van der Waals surface area contributed by atoms with Gasteiger partial charge in [0.25, 0.3) is 5.91 Å². The summed E-state index contributed by atoms with van der Waals surface area (Å²) >= 11 is 1.06. The van der Waals surface area contributed by atoms with Gasteiger partial charge in [-0.05, 0) is 36.1 Å². The number of hydrogen-bond donors (Lipinski definition) is 2. The zero-order chi connectivity index (χ0) is 14.5. The lowest BCUT2D eigenvalue weighted by molar-refractivity contribution is -0.118. The third-order valence-corrected chi connectivity index (χ3v) is 3.40. The van der Waals surface area contributed by atoms with Gasteiger partial charge in [0.05, 0.1) is 5.69 Å². The van der Waals surface area contributed by atoms with Crippen LogP contribution in [0.2, 0.25) is 0 Å². The molecule has 1 amide bonds. The Morgan fingerprint density at radius 1 is 1.35 bits per heavy atom. The van der Waals surface area contributed by atoms with Crippen molar-refractivity contribution in [2.24, 2.45) is 0 Å². The highest BCUT2D eigenvalue weighted by Crippen LogP contribution is 2.22. The molecule has 0 saturated heterocycles. The first kappa shape index (κ1) is 14.1. The van der Waals surface area contributed by atoms with Gasteiger partial charge in [0.2, 0.25) is 0 Å². The van der Waals surface area contributed by atoms with Crippen LogP contribution in [0.1, 0.15) is 15.2 Å². The number of carboxylic acid groups (broad SMARTS) is 1. The molecular weight excluding hydrogens is 278 g/mol. The van der Waals surface area contributed by atoms with E-state index < -0.39 is 11.9 Å². The van der Waals surface area contributed by atoms with Crippen molar-refractivity contribution >= 4 is 28.9 Å². The molecule has 0 unspecified atom stereocenters. The number of amides is 1. The Morgan fingerprint density at radius 3 is 2.85 bits per heavy atom. The molecule has 2 rings (SSSR count). The number of nitrogens with one attached hydrogen (secondary N) is 1. The van der Waals surface area contributed by atoms with Crippen LogP contribution in [0.4, 0.5) is 5.69 Å². The van der Waals surface area contributed by atoms with Gasteiger partial charge in [0.15, 0.2) is 6.61 Å². The summed E-state index contributed by atoms with van der Waals surface area (Å²) in [6.45, 7) is 1.76. The highest BCUT2D eigenvalue weighted by Gasteiger charge is 2.14. The number of thiophene rings is 1. The molecule has 0 spiro atoms. The largest absolute Gasteiger partial charge is 0.484 e. The zero-order valence-electron chi connectivity index (χ0n) is 10.8. The van der Waals surface area contributed by atoms with Gasteiger partial charge < -0.3 is 15.2 Å². The molecule has 0 radical (unpaired) electrons. The first-order valence-electron chi connectivity index (χ1n) is 5.86. The summed E-state index contributed by atoms with van der Waals surface area (Å²) in [6, 6.07) is 8.90. The van der Waals surface area contributed by atoms with Crippen LogP contribution in [0.15, 0.2) is 35.7 Å². The molecule has 2 aromatic rings. The van der Waals surface area contributed by atoms with Gasteiger partial charge in [-0.1, -0.05) is 12.1 Å². The smallest absolute Gasteiger partial charge is 0.348 e. The fourth-order valence-corrected chi connectivity index (χ4v) is 2.30. The summed E-state index contributed by atoms with van der Waals surface area (Å²) in [5, 5.41) is 13.1. The summed E-state index contributed by atoms with van der Waals surface area (Å²) < 4.78 is 5.34. The molecule has 1 heterocycles. The van der Waals surface area contributed by atoms with E-state index in [1.807, 2.05) is 25.1 Å². The number of benzene rings is 1. The number of aryl methyl sites for hydroxylation is 1. The predicted octanol–water partition coefficient (Wildman–Crippen LogP) is 2.77. The topological polar surface area (TPSA) is 75.6 Å². The maximum atomic E-state index is 11.7. The number of ether oxygens (including phenoxy) is 1. The Hall–Kier alpha value is -2.34. The molecule has 1 aromatic heterocycles. The minimum Gasteiger partial charge on any atom is -0.484 e. The Morgan fingerprint density at radius 2 is 2.15 bits per heavy atom. The lowest BCUT2D eigenvalue weighted by Gasteiger charge is -2.07. The van der Waals surface area contributed by atoms with E-state index in [0.29, 0.717) is 11.4 Å². The van der Waals surface area contributed by atoms with Crippen LogP contribution in [0.3, 0.4) is 0 Å². The van der Waals surface area contributed by atoms with Gasteiger partial charge in [0, 0.05) is 0 Å². The van der Waals surface area contributed by atoms with Crippen molar-refractivity contribution in [3.05, 3.63) is 46.2 Å². The lowest BCUT2D eigenvalue weighted by atomic mass is 10.2. The number of hydrogen-bond acceptors (Lipinski definition) is 4. The van der Waals surface area contributed by atoms with Crippen LogP contribution in [-0.4, -0.2) is 23.6 Å². The summed E-state index contributed by atoms with van der Waals surface area (Å²) in [5.74, 6) is -0.855. The molecular formula is C14H13NO4S. The van der Waals surface area contributed by atoms with E-state index in [4.69, 9.17) is 9.84 Å². The number of carbonyl (C=O) groups excluding carboxylic acids is 1. The second kappa shape index (κ2) is 6.21. The highest BCUT2D eigenvalue weighted by atomic mass is 32.1. The minimum atomic E-state index is -1.06. The van der Waals surface area contributed by atoms with Crippen LogP contribution in [-0.2, 0) is 4.79 Å². The first-order valence-corrected chi connectivity index (χ1v) is 6.74. The van der Waals surface area contributed by atoms with E-state index in [1.165, 1.54) is 0 Å². The van der Waals surface area contributed by atoms with Gasteiger partial charge in [0.1, 0.15) is 10.6 Å². The second-order valence-electron chi connectivity index (χ2n) is 4.12. The normalized spacial score (nSPS) is 10.1. The molecule has 2 N–H and O–H groups in total. The average Bonchev–Trinajstić information content (AvgIpc) is 2.85. The van der Waals surface area contributed by atoms with Crippen LogP contribution in [0, 0.1) is 6.92 Å². The van der Waals surface area contributed by atoms with Gasteiger partial charge in [-0.2, -0.15) is 0 Å². The predicted molar refractivity (Wildman–Crippen MR) is 76.6 cm³/mol. The van der Waals surface area contributed by atoms with Gasteiger partial charge in [-0.3, -0.25) is 4.79 Å². The Balaban J connectivity index is 1.93. The second-order valence-corrected chi connectivity index (χ2v) is 5.04. The maximum Gasteiger partial charge on any atom is 0.348 e. The SMILES string of the molecule is Cc1cccc(OCC(=O)Nc2ccsc2C(=O)O)c1. The summed E-state index contributed by atoms with van der Waals surface area (Å²) in [5.41, 5.74) is 1.33. The molecule has 5 nitrogen and oxygen atoms in total. The van der Waals surface area contributed by atoms with E-state index in [2.05, 4.69) is 5.32 Å². The Kier molecular flexibility index (Phi) is 4.37. The average molecular weight is 291 g/mol. The number of rotatable bonds is 5. The third-order valence-electron chi connectivity index (χ3n) is 2.49. The molecule has 20 heavy (non-hydrogen) atoms. The minimum absolute atomic E-state index is 0.105. The van der Waals surface area contributed by atoms with Crippen LogP contribution in [0.5, 0.6) is 5.75 Å². The molecule has 6 heteroatoms. The molecule has 0 bridgehead atoms. The fourth-order valence-electron chi connectivity index (χ4n) is 1.61. The molecule has 0 fully saturated rings. The van der Waals surface area contributed by atoms with Crippen molar-refractivity contribution in [3.63, 3.8) is 0 Å². The molecule has 0 saturated carbocycles. The van der Waals surface area contributed by atoms with Crippen molar-refractivity contribution in [1.82, 2.24) is 0 Å². The van der Waals surface area contributed by atoms with Crippen molar-refractivity contribution in [2.75, 3.05) is 11.9 Å². The van der Waals surface area contributed by atoms with Crippen molar-refractivity contribution in [3.8, 4) is 5.75 Å². The van der Waals surface area contributed by atoms with Crippen LogP contribution >= 0.6 is 11.3 Å². The Labute approximate surface area is 119 Å². The van der Waals surface area contributed by atoms with E-state index in [1.54, 1.807) is 17.5 Å². The van der Waals surface area contributed by atoms with Gasteiger partial charge in [-0.15, -0.1) is 11.3 Å². The van der Waals surface area contributed by atoms with E-state index >= 15 is 0 Å². The maximum absolute atomic E-state index is 11.7. The van der Waals surface area contributed by atoms with E-state index in [9.17, 15) is 9.59 Å². The van der Waals surface area contributed by atoms with Gasteiger partial charge >= 0.3 is 5.97 Å². The molecule has 1 aromatic carbocycles. The van der Waals surface area contributed by atoms with Crippen molar-refractivity contribution in [1.29, 1.82) is 0 Å². The third kappa shape index (κ3) is 3.58. The zero-order valence-corrected chi connectivity index (χ0v) is 11.6. The van der Waals surface area contributed by atoms with Crippen molar-refractivity contribution in [2.45, 2.75) is 6.92 Å². The van der Waals surface area contributed by atoms with Gasteiger partial charge in [-0.25, -0.2) is 4.79 Å². The Bertz CT molecular complexity index is 636. The van der Waals surface area contributed by atoms with E-state index in [0.717, 1.165) is 16.9 Å². The van der Waals surface area contributed by atoms with E-state index in [-0.39, 0.29) is 11.5 Å². The summed E-state index contributed by atoms with van der Waals surface area (Å²) in [4.78, 5) is 22.7. The number of aromatic carboxylic acids is 1. The van der Waals surface area contributed by atoms with Crippen LogP contribution < -0.4 is 10.1 Å². The lowest BCUT2D eigenvalue weighted by Crippen LogP contribution is -2.20. The molecule has 0 aliphatic carbocycles. The number of carboxylic acids is 1. The molecule has 104 valence electrons. The monoisotopic (exact) mass is 291 g/mol. The van der Waals surface area contributed by atoms with Crippen LogP contribution in [0.25, 0.3) is 0 Å². The highest BCUT2D eigenvalue weighted by molar-refractivity contribution is 7.12. The number of anilines is 1. The van der Waals surface area contributed by atoms with Crippen molar-refractivity contribution < 1.29 is 19.4 Å². The first-order chi connectivity index (χ1) is 9.56. The summed E-state index contributed by atoms with van der Waals surface area (Å²) in [7, 11) is 0. The summed E-state index contributed by atoms with van der Waals surface area (Å²) in [6.07, 6.45) is 0. The molecule has 0 aliphatic rings. The molecule has 0 aliphatic heterocycles. The quantitative estimate of drug-likeness (QED) is 0.888. The molecule has 0 atom stereocenters. The number of carbonyl (C=O) groups is 2.